The highest BCUT2D eigenvalue weighted by Crippen LogP contribution is 2.00. The summed E-state index contributed by atoms with van der Waals surface area (Å²) >= 11 is 0. The van der Waals surface area contributed by atoms with E-state index >= 15 is 0 Å². The molecule has 0 unspecified atom stereocenters. The lowest BCUT2D eigenvalue weighted by Gasteiger charge is -2.13. The first-order valence-corrected chi connectivity index (χ1v) is 4.43. The van der Waals surface area contributed by atoms with Crippen molar-refractivity contribution in [2.75, 3.05) is 13.2 Å². The zero-order valence-electron chi connectivity index (χ0n) is 8.16. The van der Waals surface area contributed by atoms with Crippen molar-refractivity contribution in [3.63, 3.8) is 0 Å². The van der Waals surface area contributed by atoms with Gasteiger partial charge < -0.3 is 9.47 Å². The van der Waals surface area contributed by atoms with E-state index in [1.807, 2.05) is 13.8 Å². The fourth-order valence-electron chi connectivity index (χ4n) is 0.828. The molecule has 13 heavy (non-hydrogen) atoms. The van der Waals surface area contributed by atoms with Crippen LogP contribution in [0.3, 0.4) is 0 Å². The molecule has 0 aliphatic rings. The van der Waals surface area contributed by atoms with E-state index in [9.17, 15) is 4.79 Å². The van der Waals surface area contributed by atoms with Crippen LogP contribution in [0.4, 0.5) is 0 Å². The number of ether oxygens (including phenoxy) is 2. The van der Waals surface area contributed by atoms with Crippen LogP contribution in [0.2, 0.25) is 0 Å². The summed E-state index contributed by atoms with van der Waals surface area (Å²) in [6.07, 6.45) is 4.13. The monoisotopic (exact) mass is 184 g/mol. The minimum Gasteiger partial charge on any atom is -0.353 e. The summed E-state index contributed by atoms with van der Waals surface area (Å²) in [5.41, 5.74) is 2.70. The molecule has 0 aromatic heterocycles. The lowest BCUT2D eigenvalue weighted by Crippen LogP contribution is -2.15. The summed E-state index contributed by atoms with van der Waals surface area (Å²) in [4.78, 5) is 9.90. The van der Waals surface area contributed by atoms with Crippen molar-refractivity contribution in [2.24, 2.45) is 0 Å². The summed E-state index contributed by atoms with van der Waals surface area (Å²) < 4.78 is 10.5. The molecule has 74 valence electrons. The molecule has 0 saturated heterocycles. The lowest BCUT2D eigenvalue weighted by molar-refractivity contribution is -0.133. The smallest absolute Gasteiger partial charge is 0.161 e. The van der Waals surface area contributed by atoms with Crippen LogP contribution in [0, 0.1) is 0 Å². The second-order valence-corrected chi connectivity index (χ2v) is 2.25. The van der Waals surface area contributed by atoms with Gasteiger partial charge in [0.05, 0.1) is 0 Å². The Hall–Kier alpha value is -0.890. The molecule has 0 aliphatic carbocycles. The molecule has 0 atom stereocenters. The molecule has 0 aromatic carbocycles. The van der Waals surface area contributed by atoms with Gasteiger partial charge in [0.15, 0.2) is 12.6 Å². The highest BCUT2D eigenvalue weighted by atomic mass is 16.7. The van der Waals surface area contributed by atoms with Crippen LogP contribution < -0.4 is 0 Å². The Morgan fingerprint density at radius 2 is 1.92 bits per heavy atom. The number of rotatable bonds is 7. The second kappa shape index (κ2) is 9.20. The number of carbonyl (C=O) groups is 1. The van der Waals surface area contributed by atoms with Gasteiger partial charge in [-0.2, -0.15) is 0 Å². The molecular formula is C10H16O3. The molecular weight excluding hydrogens is 168 g/mol. The molecule has 0 amide bonds. The SMILES string of the molecule is CCOC(CC=C=CC=O)OCC. The average molecular weight is 184 g/mol. The van der Waals surface area contributed by atoms with Crippen LogP contribution in [-0.4, -0.2) is 25.8 Å². The number of hydrogen-bond donors (Lipinski definition) is 0. The van der Waals surface area contributed by atoms with Gasteiger partial charge >= 0.3 is 0 Å². The maximum Gasteiger partial charge on any atom is 0.161 e. The molecule has 0 aromatic rings. The van der Waals surface area contributed by atoms with Crippen LogP contribution >= 0.6 is 0 Å². The average Bonchev–Trinajstić information content (AvgIpc) is 2.13. The molecule has 0 saturated carbocycles. The van der Waals surface area contributed by atoms with Crippen molar-refractivity contribution in [1.82, 2.24) is 0 Å². The van der Waals surface area contributed by atoms with E-state index in [0.29, 0.717) is 25.9 Å². The van der Waals surface area contributed by atoms with Crippen LogP contribution in [0.15, 0.2) is 17.9 Å². The maximum absolute atomic E-state index is 9.90. The van der Waals surface area contributed by atoms with E-state index in [1.165, 1.54) is 6.08 Å². The molecule has 3 nitrogen and oxygen atoms in total. The summed E-state index contributed by atoms with van der Waals surface area (Å²) in [6, 6.07) is 0. The summed E-state index contributed by atoms with van der Waals surface area (Å²) in [5, 5.41) is 0. The van der Waals surface area contributed by atoms with Crippen molar-refractivity contribution in [2.45, 2.75) is 26.6 Å². The van der Waals surface area contributed by atoms with Gasteiger partial charge in [0.2, 0.25) is 0 Å². The first-order chi connectivity index (χ1) is 6.35. The minimum absolute atomic E-state index is 0.220. The third-order valence-corrected chi connectivity index (χ3v) is 1.30. The highest BCUT2D eigenvalue weighted by molar-refractivity contribution is 5.64. The van der Waals surface area contributed by atoms with Gasteiger partial charge in [0, 0.05) is 25.7 Å². The molecule has 0 heterocycles. The lowest BCUT2D eigenvalue weighted by atomic mass is 10.4. The Bertz CT molecular complexity index is 175. The first-order valence-electron chi connectivity index (χ1n) is 4.43. The normalized spacial score (nSPS) is 9.46. The number of carbonyl (C=O) groups excluding carboxylic acids is 1. The summed E-state index contributed by atoms with van der Waals surface area (Å²) in [6.45, 7) is 5.07. The van der Waals surface area contributed by atoms with Gasteiger partial charge in [-0.05, 0) is 19.9 Å². The van der Waals surface area contributed by atoms with Gasteiger partial charge in [-0.3, -0.25) is 4.79 Å². The number of hydrogen-bond acceptors (Lipinski definition) is 3. The van der Waals surface area contributed by atoms with Crippen LogP contribution in [0.1, 0.15) is 20.3 Å². The molecule has 0 N–H and O–H groups in total. The number of aldehydes is 1. The Balaban J connectivity index is 3.79. The van der Waals surface area contributed by atoms with E-state index in [4.69, 9.17) is 9.47 Å². The molecule has 0 fully saturated rings. The van der Waals surface area contributed by atoms with Crippen LogP contribution in [0.25, 0.3) is 0 Å². The Morgan fingerprint density at radius 1 is 1.31 bits per heavy atom. The summed E-state index contributed by atoms with van der Waals surface area (Å²) in [7, 11) is 0. The fourth-order valence-corrected chi connectivity index (χ4v) is 0.828. The van der Waals surface area contributed by atoms with Gasteiger partial charge in [-0.15, -0.1) is 5.73 Å². The molecule has 0 bridgehead atoms. The largest absolute Gasteiger partial charge is 0.353 e. The molecule has 0 radical (unpaired) electrons. The minimum atomic E-state index is -0.220. The second-order valence-electron chi connectivity index (χ2n) is 2.25. The van der Waals surface area contributed by atoms with E-state index < -0.39 is 0 Å². The van der Waals surface area contributed by atoms with Crippen molar-refractivity contribution >= 4 is 6.29 Å². The zero-order valence-corrected chi connectivity index (χ0v) is 8.16. The Labute approximate surface area is 79.0 Å². The standard InChI is InChI=1S/C10H16O3/c1-3-12-10(13-4-2)8-6-5-7-9-11/h6-7,9-10H,3-4,8H2,1-2H3. The van der Waals surface area contributed by atoms with E-state index in [1.54, 1.807) is 6.08 Å². The van der Waals surface area contributed by atoms with Crippen molar-refractivity contribution in [1.29, 1.82) is 0 Å². The summed E-state index contributed by atoms with van der Waals surface area (Å²) in [5.74, 6) is 0. The van der Waals surface area contributed by atoms with Crippen LogP contribution in [-0.2, 0) is 14.3 Å². The zero-order chi connectivity index (χ0) is 9.94. The Kier molecular flexibility index (Phi) is 8.57. The van der Waals surface area contributed by atoms with Gasteiger partial charge in [-0.25, -0.2) is 0 Å². The predicted octanol–water partition coefficient (Wildman–Crippen LogP) is 1.69. The van der Waals surface area contributed by atoms with Crippen LogP contribution in [0.5, 0.6) is 0 Å². The van der Waals surface area contributed by atoms with Crippen molar-refractivity contribution < 1.29 is 14.3 Å². The molecule has 0 rings (SSSR count). The fraction of sp³-hybridized carbons (Fsp3) is 0.600. The maximum atomic E-state index is 9.90. The molecule has 0 spiro atoms. The van der Waals surface area contributed by atoms with Crippen molar-refractivity contribution in [3.8, 4) is 0 Å². The topological polar surface area (TPSA) is 35.5 Å². The predicted molar refractivity (Wildman–Crippen MR) is 50.4 cm³/mol. The quantitative estimate of drug-likeness (QED) is 0.261. The van der Waals surface area contributed by atoms with Gasteiger partial charge in [0.25, 0.3) is 0 Å². The van der Waals surface area contributed by atoms with Gasteiger partial charge in [0.1, 0.15) is 0 Å². The van der Waals surface area contributed by atoms with Crippen molar-refractivity contribution in [3.05, 3.63) is 17.9 Å². The Morgan fingerprint density at radius 3 is 2.38 bits per heavy atom. The van der Waals surface area contributed by atoms with E-state index in [2.05, 4.69) is 5.73 Å². The highest BCUT2D eigenvalue weighted by Gasteiger charge is 2.03. The molecule has 0 aliphatic heterocycles. The third-order valence-electron chi connectivity index (χ3n) is 1.30. The third kappa shape index (κ3) is 7.47. The van der Waals surface area contributed by atoms with E-state index in [0.717, 1.165) is 0 Å². The van der Waals surface area contributed by atoms with Gasteiger partial charge in [-0.1, -0.05) is 0 Å². The first kappa shape index (κ1) is 12.1. The molecule has 3 heteroatoms. The van der Waals surface area contributed by atoms with E-state index in [-0.39, 0.29) is 6.29 Å².